The minimum atomic E-state index is -2.67. The third-order valence-electron chi connectivity index (χ3n) is 1.90. The van der Waals surface area contributed by atoms with Gasteiger partial charge in [0.15, 0.2) is 0 Å². The molecule has 1 aliphatic heterocycles. The third-order valence-corrected chi connectivity index (χ3v) is 1.90. The van der Waals surface area contributed by atoms with Gasteiger partial charge in [0, 0.05) is 11.0 Å². The number of hydrogen-bond donors (Lipinski definition) is 1. The molecule has 0 amide bonds. The van der Waals surface area contributed by atoms with Crippen LogP contribution in [0.4, 0.5) is 0 Å². The molecule has 0 saturated carbocycles. The summed E-state index contributed by atoms with van der Waals surface area (Å²) in [7, 11) is 0. The zero-order valence-corrected chi connectivity index (χ0v) is 7.17. The summed E-state index contributed by atoms with van der Waals surface area (Å²) >= 11 is 0. The molecule has 1 aromatic carbocycles. The van der Waals surface area contributed by atoms with Gasteiger partial charge in [0.05, 0.1) is 0 Å². The molecule has 1 heteroatoms. The van der Waals surface area contributed by atoms with Gasteiger partial charge < -0.3 is 5.32 Å². The quantitative estimate of drug-likeness (QED) is 0.741. The first-order chi connectivity index (χ1) is 9.42. The van der Waals surface area contributed by atoms with Gasteiger partial charge in [-0.15, -0.1) is 0 Å². The number of benzene rings is 1. The summed E-state index contributed by atoms with van der Waals surface area (Å²) in [6, 6.07) is 8.61. The number of nitrogens with one attached hydrogen (secondary N) is 1. The lowest BCUT2D eigenvalue weighted by Crippen LogP contribution is -2.28. The van der Waals surface area contributed by atoms with Gasteiger partial charge in [-0.1, -0.05) is 30.3 Å². The van der Waals surface area contributed by atoms with Gasteiger partial charge in [-0.25, -0.2) is 0 Å². The van der Waals surface area contributed by atoms with E-state index in [-0.39, 0.29) is 6.42 Å². The van der Waals surface area contributed by atoms with Gasteiger partial charge in [-0.05, 0) is 43.6 Å². The SMILES string of the molecule is [2H]C1([2H])NC([2H])([2H])C([2H])([2H])C(Cc2ccccc2)C1([2H])[2H]. The predicted octanol–water partition coefficient (Wildman–Crippen LogP) is 2.23. The molecule has 0 bridgehead atoms. The van der Waals surface area contributed by atoms with Crippen molar-refractivity contribution in [2.45, 2.75) is 19.2 Å². The molecule has 0 aromatic heterocycles. The van der Waals surface area contributed by atoms with E-state index in [4.69, 9.17) is 11.0 Å². The molecule has 0 radical (unpaired) electrons. The highest BCUT2D eigenvalue weighted by molar-refractivity contribution is 5.15. The lowest BCUT2D eigenvalue weighted by Gasteiger charge is -2.22. The lowest BCUT2D eigenvalue weighted by molar-refractivity contribution is 0.372. The van der Waals surface area contributed by atoms with E-state index >= 15 is 0 Å². The largest absolute Gasteiger partial charge is 0.317 e. The van der Waals surface area contributed by atoms with Crippen molar-refractivity contribution in [1.29, 1.82) is 0 Å². The monoisotopic (exact) mass is 183 g/mol. The van der Waals surface area contributed by atoms with Crippen molar-refractivity contribution >= 4 is 0 Å². The molecular weight excluding hydrogens is 158 g/mol. The van der Waals surface area contributed by atoms with Crippen molar-refractivity contribution in [1.82, 2.24) is 5.32 Å². The molecule has 1 saturated heterocycles. The Kier molecular flexibility index (Phi) is 1.16. The zero-order chi connectivity index (χ0) is 16.1. The van der Waals surface area contributed by atoms with Gasteiger partial charge in [-0.2, -0.15) is 0 Å². The van der Waals surface area contributed by atoms with E-state index in [1.807, 2.05) is 5.32 Å². The van der Waals surface area contributed by atoms with Crippen LogP contribution in [0.15, 0.2) is 30.3 Å². The van der Waals surface area contributed by atoms with Crippen molar-refractivity contribution in [3.63, 3.8) is 0 Å². The highest BCUT2D eigenvalue weighted by Gasteiger charge is 2.12. The maximum atomic E-state index is 7.99. The van der Waals surface area contributed by atoms with Crippen LogP contribution in [0.2, 0.25) is 0 Å². The van der Waals surface area contributed by atoms with Crippen molar-refractivity contribution in [3.05, 3.63) is 35.9 Å². The van der Waals surface area contributed by atoms with E-state index < -0.39 is 31.7 Å². The van der Waals surface area contributed by atoms with Gasteiger partial charge in [-0.3, -0.25) is 0 Å². The molecule has 0 aliphatic carbocycles. The fraction of sp³-hybridized carbons (Fsp3) is 0.500. The molecule has 1 fully saturated rings. The van der Waals surface area contributed by atoms with Gasteiger partial charge >= 0.3 is 0 Å². The normalized spacial score (nSPS) is 43.4. The van der Waals surface area contributed by atoms with E-state index in [9.17, 15) is 0 Å². The highest BCUT2D eigenvalue weighted by atomic mass is 14.9. The smallest absolute Gasteiger partial charge is 0.0428 e. The number of rotatable bonds is 2. The van der Waals surface area contributed by atoms with E-state index in [0.717, 1.165) is 0 Å². The Labute approximate surface area is 91.4 Å². The Bertz CT molecular complexity index is 487. The predicted molar refractivity (Wildman–Crippen MR) is 55.7 cm³/mol. The molecule has 1 nitrogen and oxygen atoms in total. The van der Waals surface area contributed by atoms with E-state index in [0.29, 0.717) is 5.56 Å². The molecule has 1 aromatic rings. The van der Waals surface area contributed by atoms with Crippen LogP contribution in [0, 0.1) is 5.92 Å². The standard InChI is InChI=1S/C12H17N/c1-2-4-11(5-3-1)10-12-6-8-13-9-7-12/h1-5,12-13H,6-10H2/i6D2,7D2,8D2,9D2. The summed E-state index contributed by atoms with van der Waals surface area (Å²) in [5.41, 5.74) is 0.642. The summed E-state index contributed by atoms with van der Waals surface area (Å²) in [4.78, 5) is 0. The third kappa shape index (κ3) is 2.56. The Hall–Kier alpha value is -0.820. The van der Waals surface area contributed by atoms with Crippen LogP contribution >= 0.6 is 0 Å². The molecule has 13 heavy (non-hydrogen) atoms. The highest BCUT2D eigenvalue weighted by Crippen LogP contribution is 2.17. The first-order valence-electron chi connectivity index (χ1n) is 8.25. The maximum Gasteiger partial charge on any atom is 0.0428 e. The van der Waals surface area contributed by atoms with Gasteiger partial charge in [0.1, 0.15) is 0 Å². The molecule has 0 atom stereocenters. The summed E-state index contributed by atoms with van der Waals surface area (Å²) < 4.78 is 62.9. The van der Waals surface area contributed by atoms with Crippen LogP contribution in [0.25, 0.3) is 0 Å². The molecule has 1 N–H and O–H groups in total. The van der Waals surface area contributed by atoms with Crippen molar-refractivity contribution in [2.75, 3.05) is 13.0 Å². The molecule has 0 spiro atoms. The number of piperidine rings is 1. The van der Waals surface area contributed by atoms with E-state index in [1.165, 1.54) is 0 Å². The van der Waals surface area contributed by atoms with Crippen molar-refractivity contribution < 1.29 is 11.0 Å². The van der Waals surface area contributed by atoms with Crippen molar-refractivity contribution in [3.8, 4) is 0 Å². The van der Waals surface area contributed by atoms with E-state index in [2.05, 4.69) is 0 Å². The van der Waals surface area contributed by atoms with Crippen LogP contribution in [0.1, 0.15) is 29.3 Å². The minimum absolute atomic E-state index is 0.0818. The summed E-state index contributed by atoms with van der Waals surface area (Å²) in [5, 5.41) is 1.84. The second kappa shape index (κ2) is 4.43. The van der Waals surface area contributed by atoms with Crippen LogP contribution in [0.3, 0.4) is 0 Å². The summed E-state index contributed by atoms with van der Waals surface area (Å²) in [6.07, 6.45) is -5.20. The summed E-state index contributed by atoms with van der Waals surface area (Å²) in [6.45, 7) is -5.33. The fourth-order valence-corrected chi connectivity index (χ4v) is 1.27. The van der Waals surface area contributed by atoms with Gasteiger partial charge in [0.2, 0.25) is 0 Å². The molecule has 0 unspecified atom stereocenters. The topological polar surface area (TPSA) is 12.0 Å². The van der Waals surface area contributed by atoms with Crippen LogP contribution < -0.4 is 5.32 Å². The van der Waals surface area contributed by atoms with Crippen LogP contribution in [-0.2, 0) is 6.42 Å². The molecule has 1 heterocycles. The second-order valence-electron chi connectivity index (χ2n) is 2.91. The van der Waals surface area contributed by atoms with Crippen molar-refractivity contribution in [2.24, 2.45) is 5.92 Å². The zero-order valence-electron chi connectivity index (χ0n) is 15.2. The molecule has 1 aliphatic rings. The summed E-state index contributed by atoms with van der Waals surface area (Å²) in [5.74, 6) is -1.46. The Balaban J connectivity index is 2.47. The number of hydrogen-bond acceptors (Lipinski definition) is 1. The first kappa shape index (κ1) is 3.39. The molecule has 70 valence electrons. The second-order valence-corrected chi connectivity index (χ2v) is 2.91. The van der Waals surface area contributed by atoms with Crippen LogP contribution in [-0.4, -0.2) is 13.0 Å². The van der Waals surface area contributed by atoms with E-state index in [1.54, 1.807) is 30.3 Å². The average molecular weight is 183 g/mol. The average Bonchev–Trinajstić information content (AvgIpc) is 2.34. The molecule has 2 rings (SSSR count). The Morgan fingerprint density at radius 1 is 1.23 bits per heavy atom. The Morgan fingerprint density at radius 2 is 1.92 bits per heavy atom. The van der Waals surface area contributed by atoms with Gasteiger partial charge in [0.25, 0.3) is 0 Å². The Morgan fingerprint density at radius 3 is 2.62 bits per heavy atom. The van der Waals surface area contributed by atoms with Crippen LogP contribution in [0.5, 0.6) is 0 Å². The minimum Gasteiger partial charge on any atom is -0.317 e. The molecular formula is C12H17N. The lowest BCUT2D eigenvalue weighted by atomic mass is 9.91. The maximum absolute atomic E-state index is 7.99. The fourth-order valence-electron chi connectivity index (χ4n) is 1.27. The first-order valence-corrected chi connectivity index (χ1v) is 4.25.